The third kappa shape index (κ3) is 3.95. The Kier molecular flexibility index (Phi) is 5.26. The zero-order valence-electron chi connectivity index (χ0n) is 11.7. The number of rotatable bonds is 6. The Morgan fingerprint density at radius 1 is 1.43 bits per heavy atom. The standard InChI is InChI=1S/C13H17BrN2O3S2/c1-9(2)16-6-13(4-11(16)7-17)21(18,19)15-5-12-3-10(14)8-20-12/h3-4,6,8-9,15,17H,5,7H2,1-2H3. The Balaban J connectivity index is 2.19. The summed E-state index contributed by atoms with van der Waals surface area (Å²) in [6, 6.07) is 3.47. The molecule has 2 aromatic rings. The number of hydrogen-bond acceptors (Lipinski definition) is 4. The van der Waals surface area contributed by atoms with Gasteiger partial charge in [-0.15, -0.1) is 11.3 Å². The van der Waals surface area contributed by atoms with E-state index in [1.165, 1.54) is 17.4 Å². The van der Waals surface area contributed by atoms with E-state index in [9.17, 15) is 13.5 Å². The van der Waals surface area contributed by atoms with Crippen LogP contribution in [-0.4, -0.2) is 18.1 Å². The molecule has 5 nitrogen and oxygen atoms in total. The fourth-order valence-electron chi connectivity index (χ4n) is 1.95. The molecule has 2 rings (SSSR count). The summed E-state index contributed by atoms with van der Waals surface area (Å²) < 4.78 is 29.9. The maximum atomic E-state index is 12.3. The average molecular weight is 393 g/mol. The number of aliphatic hydroxyl groups excluding tert-OH is 1. The van der Waals surface area contributed by atoms with E-state index in [4.69, 9.17) is 0 Å². The summed E-state index contributed by atoms with van der Waals surface area (Å²) in [5.41, 5.74) is 0.587. The molecule has 0 saturated carbocycles. The molecule has 0 radical (unpaired) electrons. The van der Waals surface area contributed by atoms with E-state index in [1.807, 2.05) is 25.3 Å². The van der Waals surface area contributed by atoms with Gasteiger partial charge < -0.3 is 9.67 Å². The van der Waals surface area contributed by atoms with Crippen LogP contribution < -0.4 is 4.72 Å². The molecule has 0 aliphatic heterocycles. The molecule has 0 aliphatic carbocycles. The summed E-state index contributed by atoms with van der Waals surface area (Å²) in [6.07, 6.45) is 1.56. The second-order valence-corrected chi connectivity index (χ2v) is 8.56. The van der Waals surface area contributed by atoms with Crippen molar-refractivity contribution in [2.24, 2.45) is 0 Å². The lowest BCUT2D eigenvalue weighted by Gasteiger charge is -2.10. The van der Waals surface area contributed by atoms with Crippen molar-refractivity contribution in [3.05, 3.63) is 38.8 Å². The molecular weight excluding hydrogens is 376 g/mol. The van der Waals surface area contributed by atoms with Gasteiger partial charge in [0.25, 0.3) is 0 Å². The first-order valence-electron chi connectivity index (χ1n) is 6.37. The molecule has 0 spiro atoms. The second-order valence-electron chi connectivity index (χ2n) is 4.88. The molecule has 2 heterocycles. The van der Waals surface area contributed by atoms with Crippen LogP contribution in [0.25, 0.3) is 0 Å². The van der Waals surface area contributed by atoms with Gasteiger partial charge in [-0.3, -0.25) is 0 Å². The highest BCUT2D eigenvalue weighted by Gasteiger charge is 2.19. The van der Waals surface area contributed by atoms with Crippen molar-refractivity contribution in [3.8, 4) is 0 Å². The van der Waals surface area contributed by atoms with Gasteiger partial charge in [-0.05, 0) is 41.9 Å². The van der Waals surface area contributed by atoms with Gasteiger partial charge in [0.2, 0.25) is 10.0 Å². The Bertz CT molecular complexity index is 720. The lowest BCUT2D eigenvalue weighted by molar-refractivity contribution is 0.268. The van der Waals surface area contributed by atoms with Crippen LogP contribution in [0.15, 0.2) is 33.1 Å². The molecule has 0 aliphatic rings. The van der Waals surface area contributed by atoms with E-state index < -0.39 is 10.0 Å². The van der Waals surface area contributed by atoms with Crippen molar-refractivity contribution in [2.75, 3.05) is 0 Å². The number of nitrogens with zero attached hydrogens (tertiary/aromatic N) is 1. The van der Waals surface area contributed by atoms with Gasteiger partial charge in [-0.25, -0.2) is 13.1 Å². The number of aromatic nitrogens is 1. The van der Waals surface area contributed by atoms with Gasteiger partial charge in [0.1, 0.15) is 0 Å². The summed E-state index contributed by atoms with van der Waals surface area (Å²) in [7, 11) is -3.59. The van der Waals surface area contributed by atoms with Gasteiger partial charge >= 0.3 is 0 Å². The topological polar surface area (TPSA) is 71.3 Å². The third-order valence-electron chi connectivity index (χ3n) is 2.99. The number of nitrogens with one attached hydrogen (secondary N) is 1. The second kappa shape index (κ2) is 6.62. The fourth-order valence-corrected chi connectivity index (χ4v) is 4.48. The minimum absolute atomic E-state index is 0.0874. The van der Waals surface area contributed by atoms with Crippen LogP contribution >= 0.6 is 27.3 Å². The Morgan fingerprint density at radius 3 is 2.62 bits per heavy atom. The van der Waals surface area contributed by atoms with Crippen LogP contribution in [0.3, 0.4) is 0 Å². The number of hydrogen-bond donors (Lipinski definition) is 2. The first-order chi connectivity index (χ1) is 9.83. The lowest BCUT2D eigenvalue weighted by atomic mass is 10.3. The largest absolute Gasteiger partial charge is 0.390 e. The molecule has 21 heavy (non-hydrogen) atoms. The van der Waals surface area contributed by atoms with Crippen molar-refractivity contribution >= 4 is 37.3 Å². The summed E-state index contributed by atoms with van der Waals surface area (Å²) in [6.45, 7) is 3.93. The summed E-state index contributed by atoms with van der Waals surface area (Å²) in [5.74, 6) is 0. The maximum absolute atomic E-state index is 12.3. The Morgan fingerprint density at radius 2 is 2.14 bits per heavy atom. The van der Waals surface area contributed by atoms with E-state index in [1.54, 1.807) is 10.8 Å². The van der Waals surface area contributed by atoms with Crippen LogP contribution in [0.5, 0.6) is 0 Å². The highest BCUT2D eigenvalue weighted by molar-refractivity contribution is 9.10. The summed E-state index contributed by atoms with van der Waals surface area (Å²) >= 11 is 4.82. The van der Waals surface area contributed by atoms with Gasteiger partial charge in [0.05, 0.1) is 11.5 Å². The molecule has 0 amide bonds. The first-order valence-corrected chi connectivity index (χ1v) is 9.53. The van der Waals surface area contributed by atoms with Crippen molar-refractivity contribution in [1.82, 2.24) is 9.29 Å². The van der Waals surface area contributed by atoms with Crippen molar-refractivity contribution < 1.29 is 13.5 Å². The van der Waals surface area contributed by atoms with Crippen molar-refractivity contribution in [3.63, 3.8) is 0 Å². The third-order valence-corrected chi connectivity index (χ3v) is 6.06. The van der Waals surface area contributed by atoms with E-state index in [0.717, 1.165) is 9.35 Å². The van der Waals surface area contributed by atoms with Gasteiger partial charge in [0.15, 0.2) is 0 Å². The van der Waals surface area contributed by atoms with Crippen LogP contribution in [0.2, 0.25) is 0 Å². The Labute approximate surface area is 136 Å². The smallest absolute Gasteiger partial charge is 0.242 e. The predicted molar refractivity (Wildman–Crippen MR) is 86.8 cm³/mol. The highest BCUT2D eigenvalue weighted by atomic mass is 79.9. The lowest BCUT2D eigenvalue weighted by Crippen LogP contribution is -2.22. The highest BCUT2D eigenvalue weighted by Crippen LogP contribution is 2.22. The van der Waals surface area contributed by atoms with Gasteiger partial charge in [-0.2, -0.15) is 0 Å². The molecule has 116 valence electrons. The van der Waals surface area contributed by atoms with Crippen LogP contribution in [-0.2, 0) is 23.2 Å². The Hall–Kier alpha value is -0.670. The number of thiophene rings is 1. The number of aliphatic hydroxyl groups is 1. The van der Waals surface area contributed by atoms with E-state index in [2.05, 4.69) is 20.7 Å². The molecule has 8 heteroatoms. The minimum atomic E-state index is -3.59. The SMILES string of the molecule is CC(C)n1cc(S(=O)(=O)NCc2cc(Br)cs2)cc1CO. The zero-order valence-corrected chi connectivity index (χ0v) is 14.9. The monoisotopic (exact) mass is 392 g/mol. The van der Waals surface area contributed by atoms with E-state index in [-0.39, 0.29) is 24.1 Å². The maximum Gasteiger partial charge on any atom is 0.242 e. The fraction of sp³-hybridized carbons (Fsp3) is 0.385. The van der Waals surface area contributed by atoms with E-state index >= 15 is 0 Å². The predicted octanol–water partition coefficient (Wildman–Crippen LogP) is 2.86. The molecule has 0 fully saturated rings. The van der Waals surface area contributed by atoms with Crippen LogP contribution in [0.4, 0.5) is 0 Å². The normalized spacial score (nSPS) is 12.2. The quantitative estimate of drug-likeness (QED) is 0.793. The first kappa shape index (κ1) is 16.7. The average Bonchev–Trinajstić information content (AvgIpc) is 3.02. The molecule has 2 aromatic heterocycles. The molecular formula is C13H17BrN2O3S2. The molecule has 0 bridgehead atoms. The van der Waals surface area contributed by atoms with Crippen LogP contribution in [0.1, 0.15) is 30.5 Å². The molecule has 2 N–H and O–H groups in total. The number of halogens is 1. The molecule has 0 saturated heterocycles. The van der Waals surface area contributed by atoms with Crippen molar-refractivity contribution in [2.45, 2.75) is 37.9 Å². The van der Waals surface area contributed by atoms with Crippen LogP contribution in [0, 0.1) is 0 Å². The van der Waals surface area contributed by atoms with Gasteiger partial charge in [-0.1, -0.05) is 0 Å². The summed E-state index contributed by atoms with van der Waals surface area (Å²) in [5, 5.41) is 11.2. The zero-order chi connectivity index (χ0) is 15.6. The molecule has 0 unspecified atom stereocenters. The van der Waals surface area contributed by atoms with Crippen molar-refractivity contribution in [1.29, 1.82) is 0 Å². The molecule has 0 aromatic carbocycles. The molecule has 0 atom stereocenters. The summed E-state index contributed by atoms with van der Waals surface area (Å²) in [4.78, 5) is 1.10. The minimum Gasteiger partial charge on any atom is -0.390 e. The van der Waals surface area contributed by atoms with E-state index in [0.29, 0.717) is 5.69 Å². The van der Waals surface area contributed by atoms with Gasteiger partial charge in [0, 0.05) is 39.2 Å². The number of sulfonamides is 1.